The van der Waals surface area contributed by atoms with Gasteiger partial charge in [0, 0.05) is 5.69 Å². The van der Waals surface area contributed by atoms with E-state index in [4.69, 9.17) is 9.47 Å². The van der Waals surface area contributed by atoms with E-state index in [9.17, 15) is 14.4 Å². The molecule has 0 spiro atoms. The maximum Gasteiger partial charge on any atom is 0.408 e. The van der Waals surface area contributed by atoms with Crippen molar-refractivity contribution in [2.45, 2.75) is 45.4 Å². The fourth-order valence-electron chi connectivity index (χ4n) is 2.39. The van der Waals surface area contributed by atoms with Gasteiger partial charge in [-0.05, 0) is 38.5 Å². The van der Waals surface area contributed by atoms with Crippen molar-refractivity contribution in [3.05, 3.63) is 66.2 Å². The molecule has 7 nitrogen and oxygen atoms in total. The van der Waals surface area contributed by atoms with Crippen molar-refractivity contribution < 1.29 is 23.9 Å². The number of alkyl carbamates (subject to hydrolysis) is 1. The predicted octanol–water partition coefficient (Wildman–Crippen LogP) is 3.65. The van der Waals surface area contributed by atoms with Crippen LogP contribution in [-0.2, 0) is 25.7 Å². The van der Waals surface area contributed by atoms with Crippen LogP contribution in [0.3, 0.4) is 0 Å². The van der Waals surface area contributed by atoms with Gasteiger partial charge in [0.05, 0.1) is 6.42 Å². The molecule has 2 aromatic carbocycles. The van der Waals surface area contributed by atoms with Crippen molar-refractivity contribution in [2.24, 2.45) is 0 Å². The van der Waals surface area contributed by atoms with E-state index in [0.717, 1.165) is 5.56 Å². The van der Waals surface area contributed by atoms with Gasteiger partial charge in [-0.3, -0.25) is 4.79 Å². The summed E-state index contributed by atoms with van der Waals surface area (Å²) in [6, 6.07) is 16.8. The van der Waals surface area contributed by atoms with E-state index in [1.807, 2.05) is 36.4 Å². The van der Waals surface area contributed by atoms with Gasteiger partial charge in [0.2, 0.25) is 5.91 Å². The molecule has 0 heterocycles. The van der Waals surface area contributed by atoms with Gasteiger partial charge in [0.1, 0.15) is 18.2 Å². The van der Waals surface area contributed by atoms with Gasteiger partial charge in [0.15, 0.2) is 0 Å². The van der Waals surface area contributed by atoms with Crippen molar-refractivity contribution in [3.8, 4) is 0 Å². The number of para-hydroxylation sites is 1. The van der Waals surface area contributed by atoms with Crippen molar-refractivity contribution in [1.29, 1.82) is 0 Å². The number of carbonyl (C=O) groups is 3. The van der Waals surface area contributed by atoms with Gasteiger partial charge >= 0.3 is 12.1 Å². The zero-order valence-electron chi connectivity index (χ0n) is 16.8. The van der Waals surface area contributed by atoms with Gasteiger partial charge in [-0.1, -0.05) is 48.5 Å². The molecule has 0 saturated heterocycles. The van der Waals surface area contributed by atoms with E-state index >= 15 is 0 Å². The average molecular weight is 398 g/mol. The molecule has 154 valence electrons. The normalized spacial score (nSPS) is 11.8. The zero-order valence-corrected chi connectivity index (χ0v) is 16.8. The fraction of sp³-hybridized carbons (Fsp3) is 0.318. The molecule has 29 heavy (non-hydrogen) atoms. The third-order valence-electron chi connectivity index (χ3n) is 3.65. The largest absolute Gasteiger partial charge is 0.459 e. The highest BCUT2D eigenvalue weighted by Gasteiger charge is 2.28. The van der Waals surface area contributed by atoms with Crippen LogP contribution in [-0.4, -0.2) is 29.6 Å². The third kappa shape index (κ3) is 8.47. The number of amides is 2. The molecule has 0 fully saturated rings. The molecule has 2 rings (SSSR count). The molecule has 0 bridgehead atoms. The number of esters is 1. The lowest BCUT2D eigenvalue weighted by Crippen LogP contribution is -2.46. The number of hydrogen-bond acceptors (Lipinski definition) is 5. The van der Waals surface area contributed by atoms with Crippen LogP contribution < -0.4 is 10.6 Å². The molecule has 0 saturated carbocycles. The summed E-state index contributed by atoms with van der Waals surface area (Å²) in [6.45, 7) is 5.15. The second-order valence-electron chi connectivity index (χ2n) is 7.41. The van der Waals surface area contributed by atoms with Crippen molar-refractivity contribution >= 4 is 23.7 Å². The first-order valence-corrected chi connectivity index (χ1v) is 9.28. The van der Waals surface area contributed by atoms with Gasteiger partial charge in [-0.2, -0.15) is 0 Å². The highest BCUT2D eigenvalue weighted by atomic mass is 16.6. The molecule has 0 aliphatic carbocycles. The van der Waals surface area contributed by atoms with Crippen molar-refractivity contribution in [2.75, 3.05) is 5.32 Å². The molecule has 0 radical (unpaired) electrons. The maximum absolute atomic E-state index is 12.5. The predicted molar refractivity (Wildman–Crippen MR) is 109 cm³/mol. The van der Waals surface area contributed by atoms with Crippen LogP contribution in [0.1, 0.15) is 32.8 Å². The Morgan fingerprint density at radius 2 is 1.52 bits per heavy atom. The molecule has 2 aromatic rings. The van der Waals surface area contributed by atoms with Gasteiger partial charge in [-0.25, -0.2) is 9.59 Å². The number of rotatable bonds is 7. The Hall–Kier alpha value is -3.35. The highest BCUT2D eigenvalue weighted by Crippen LogP contribution is 2.10. The van der Waals surface area contributed by atoms with Crippen LogP contribution in [0.4, 0.5) is 10.5 Å². The Morgan fingerprint density at radius 1 is 0.931 bits per heavy atom. The number of benzene rings is 2. The molecule has 0 aliphatic rings. The van der Waals surface area contributed by atoms with Crippen LogP contribution in [0.5, 0.6) is 0 Å². The molecule has 0 unspecified atom stereocenters. The summed E-state index contributed by atoms with van der Waals surface area (Å²) in [5.74, 6) is -1.16. The van der Waals surface area contributed by atoms with E-state index in [1.54, 1.807) is 45.0 Å². The average Bonchev–Trinajstić information content (AvgIpc) is 2.65. The van der Waals surface area contributed by atoms with E-state index in [1.165, 1.54) is 0 Å². The third-order valence-corrected chi connectivity index (χ3v) is 3.65. The SMILES string of the molecule is CC(C)(C)OC(=O)N[C@@H](CC(=O)Nc1ccccc1)C(=O)OCc1ccccc1. The van der Waals surface area contributed by atoms with Gasteiger partial charge < -0.3 is 20.1 Å². The second kappa shape index (κ2) is 10.3. The minimum Gasteiger partial charge on any atom is -0.459 e. The summed E-state index contributed by atoms with van der Waals surface area (Å²) in [5.41, 5.74) is 0.645. The number of anilines is 1. The van der Waals surface area contributed by atoms with Crippen LogP contribution in [0.15, 0.2) is 60.7 Å². The first-order valence-electron chi connectivity index (χ1n) is 9.28. The molecular formula is C22H26N2O5. The molecule has 0 aliphatic heterocycles. The zero-order chi connectivity index (χ0) is 21.3. The second-order valence-corrected chi connectivity index (χ2v) is 7.41. The Morgan fingerprint density at radius 3 is 2.10 bits per heavy atom. The number of carbonyl (C=O) groups excluding carboxylic acids is 3. The summed E-state index contributed by atoms with van der Waals surface area (Å²) < 4.78 is 10.5. The van der Waals surface area contributed by atoms with Crippen molar-refractivity contribution in [3.63, 3.8) is 0 Å². The number of nitrogens with one attached hydrogen (secondary N) is 2. The maximum atomic E-state index is 12.5. The monoisotopic (exact) mass is 398 g/mol. The molecule has 7 heteroatoms. The van der Waals surface area contributed by atoms with Crippen LogP contribution in [0.2, 0.25) is 0 Å². The minimum absolute atomic E-state index is 0.0342. The molecule has 2 amide bonds. The lowest BCUT2D eigenvalue weighted by Gasteiger charge is -2.22. The van der Waals surface area contributed by atoms with E-state index in [2.05, 4.69) is 10.6 Å². The summed E-state index contributed by atoms with van der Waals surface area (Å²) >= 11 is 0. The van der Waals surface area contributed by atoms with E-state index in [-0.39, 0.29) is 13.0 Å². The van der Waals surface area contributed by atoms with Crippen LogP contribution in [0.25, 0.3) is 0 Å². The Bertz CT molecular complexity index is 816. The summed E-state index contributed by atoms with van der Waals surface area (Å²) in [6.07, 6.45) is -1.09. The highest BCUT2D eigenvalue weighted by molar-refractivity contribution is 5.95. The summed E-state index contributed by atoms with van der Waals surface area (Å²) in [4.78, 5) is 37.0. The van der Waals surface area contributed by atoms with E-state index in [0.29, 0.717) is 5.69 Å². The van der Waals surface area contributed by atoms with E-state index < -0.39 is 29.6 Å². The Labute approximate surface area is 170 Å². The van der Waals surface area contributed by atoms with Crippen molar-refractivity contribution in [1.82, 2.24) is 5.32 Å². The van der Waals surface area contributed by atoms with Gasteiger partial charge in [0.25, 0.3) is 0 Å². The van der Waals surface area contributed by atoms with Crippen LogP contribution in [0, 0.1) is 0 Å². The Balaban J connectivity index is 2.02. The quantitative estimate of drug-likeness (QED) is 0.695. The lowest BCUT2D eigenvalue weighted by molar-refractivity contribution is -0.148. The van der Waals surface area contributed by atoms with Crippen LogP contribution >= 0.6 is 0 Å². The minimum atomic E-state index is -1.18. The first kappa shape index (κ1) is 21.9. The smallest absolute Gasteiger partial charge is 0.408 e. The first-order chi connectivity index (χ1) is 13.7. The number of hydrogen-bond donors (Lipinski definition) is 2. The molecule has 2 N–H and O–H groups in total. The molecule has 0 aromatic heterocycles. The number of ether oxygens (including phenoxy) is 2. The standard InChI is InChI=1S/C22H26N2O5/c1-22(2,3)29-21(27)24-18(14-19(25)23-17-12-8-5-9-13-17)20(26)28-15-16-10-6-4-7-11-16/h4-13,18H,14-15H2,1-3H3,(H,23,25)(H,24,27)/t18-/m0/s1. The topological polar surface area (TPSA) is 93.7 Å². The molecule has 1 atom stereocenters. The fourth-order valence-corrected chi connectivity index (χ4v) is 2.39. The van der Waals surface area contributed by atoms with Gasteiger partial charge in [-0.15, -0.1) is 0 Å². The Kier molecular flexibility index (Phi) is 7.77. The summed E-state index contributed by atoms with van der Waals surface area (Å²) in [7, 11) is 0. The summed E-state index contributed by atoms with van der Waals surface area (Å²) in [5, 5.41) is 5.11. The molecular weight excluding hydrogens is 372 g/mol. The lowest BCUT2D eigenvalue weighted by atomic mass is 10.2.